The highest BCUT2D eigenvalue weighted by Gasteiger charge is 2.26. The highest BCUT2D eigenvalue weighted by Crippen LogP contribution is 2.28. The first-order chi connectivity index (χ1) is 9.60. The van der Waals surface area contributed by atoms with Crippen LogP contribution in [-0.4, -0.2) is 12.5 Å². The smallest absolute Gasteiger partial charge is 0.223 e. The molecule has 1 atom stereocenters. The SMILES string of the molecule is Cc1ccc([C@H](C)NC(=O)C2CCC(CN)CC2)cc1. The largest absolute Gasteiger partial charge is 0.349 e. The maximum absolute atomic E-state index is 12.3. The van der Waals surface area contributed by atoms with Crippen LogP contribution in [0.4, 0.5) is 0 Å². The fourth-order valence-corrected chi connectivity index (χ4v) is 2.93. The zero-order valence-electron chi connectivity index (χ0n) is 12.6. The Bertz CT molecular complexity index is 433. The van der Waals surface area contributed by atoms with Crippen molar-refractivity contribution in [3.05, 3.63) is 35.4 Å². The van der Waals surface area contributed by atoms with E-state index in [1.165, 1.54) is 11.1 Å². The minimum Gasteiger partial charge on any atom is -0.349 e. The average molecular weight is 274 g/mol. The monoisotopic (exact) mass is 274 g/mol. The Hall–Kier alpha value is -1.35. The van der Waals surface area contributed by atoms with E-state index in [1.807, 2.05) is 6.92 Å². The van der Waals surface area contributed by atoms with Gasteiger partial charge in [-0.1, -0.05) is 29.8 Å². The van der Waals surface area contributed by atoms with Crippen LogP contribution in [0.3, 0.4) is 0 Å². The van der Waals surface area contributed by atoms with Gasteiger partial charge in [0.1, 0.15) is 0 Å². The second kappa shape index (κ2) is 6.89. The van der Waals surface area contributed by atoms with Crippen LogP contribution in [0.5, 0.6) is 0 Å². The highest BCUT2D eigenvalue weighted by molar-refractivity contribution is 5.79. The first kappa shape index (κ1) is 15.0. The molecule has 0 radical (unpaired) electrons. The second-order valence-electron chi connectivity index (χ2n) is 6.09. The van der Waals surface area contributed by atoms with Crippen molar-refractivity contribution in [3.8, 4) is 0 Å². The lowest BCUT2D eigenvalue weighted by molar-refractivity contribution is -0.126. The topological polar surface area (TPSA) is 55.1 Å². The van der Waals surface area contributed by atoms with E-state index in [2.05, 4.69) is 36.5 Å². The van der Waals surface area contributed by atoms with Gasteiger partial charge >= 0.3 is 0 Å². The van der Waals surface area contributed by atoms with Crippen LogP contribution < -0.4 is 11.1 Å². The maximum Gasteiger partial charge on any atom is 0.223 e. The molecule has 1 saturated carbocycles. The lowest BCUT2D eigenvalue weighted by Gasteiger charge is -2.28. The summed E-state index contributed by atoms with van der Waals surface area (Å²) in [6.07, 6.45) is 4.14. The number of benzene rings is 1. The van der Waals surface area contributed by atoms with Crippen LogP contribution in [0.1, 0.15) is 49.8 Å². The van der Waals surface area contributed by atoms with Crippen molar-refractivity contribution in [2.24, 2.45) is 17.6 Å². The Labute approximate surface area is 121 Å². The highest BCUT2D eigenvalue weighted by atomic mass is 16.1. The summed E-state index contributed by atoms with van der Waals surface area (Å²) in [5.41, 5.74) is 8.10. The summed E-state index contributed by atoms with van der Waals surface area (Å²) in [6.45, 7) is 4.88. The number of rotatable bonds is 4. The normalized spacial score (nSPS) is 24.1. The molecule has 3 N–H and O–H groups in total. The van der Waals surface area contributed by atoms with Gasteiger partial charge in [-0.25, -0.2) is 0 Å². The van der Waals surface area contributed by atoms with Gasteiger partial charge in [-0.15, -0.1) is 0 Å². The van der Waals surface area contributed by atoms with Crippen molar-refractivity contribution >= 4 is 5.91 Å². The summed E-state index contributed by atoms with van der Waals surface area (Å²) in [5, 5.41) is 3.15. The molecule has 1 aromatic rings. The van der Waals surface area contributed by atoms with E-state index in [0.717, 1.165) is 32.2 Å². The summed E-state index contributed by atoms with van der Waals surface area (Å²) >= 11 is 0. The summed E-state index contributed by atoms with van der Waals surface area (Å²) in [4.78, 5) is 12.3. The van der Waals surface area contributed by atoms with Gasteiger partial charge < -0.3 is 11.1 Å². The van der Waals surface area contributed by atoms with Gasteiger partial charge in [-0.2, -0.15) is 0 Å². The lowest BCUT2D eigenvalue weighted by Crippen LogP contribution is -2.35. The summed E-state index contributed by atoms with van der Waals surface area (Å²) in [6, 6.07) is 8.43. The summed E-state index contributed by atoms with van der Waals surface area (Å²) < 4.78 is 0. The van der Waals surface area contributed by atoms with Gasteiger partial charge in [0.25, 0.3) is 0 Å². The molecule has 0 heterocycles. The maximum atomic E-state index is 12.3. The molecule has 110 valence electrons. The third-order valence-corrected chi connectivity index (χ3v) is 4.49. The van der Waals surface area contributed by atoms with Crippen LogP contribution in [0.15, 0.2) is 24.3 Å². The third kappa shape index (κ3) is 3.83. The number of hydrogen-bond donors (Lipinski definition) is 2. The van der Waals surface area contributed by atoms with Gasteiger partial charge in [0.05, 0.1) is 6.04 Å². The van der Waals surface area contributed by atoms with Gasteiger partial charge in [0, 0.05) is 5.92 Å². The number of carbonyl (C=O) groups excluding carboxylic acids is 1. The summed E-state index contributed by atoms with van der Waals surface area (Å²) in [5.74, 6) is 0.993. The molecule has 20 heavy (non-hydrogen) atoms. The Morgan fingerprint density at radius 1 is 1.25 bits per heavy atom. The fraction of sp³-hybridized carbons (Fsp3) is 0.588. The Kier molecular flexibility index (Phi) is 5.18. The minimum absolute atomic E-state index is 0.0790. The Morgan fingerprint density at radius 2 is 1.85 bits per heavy atom. The van der Waals surface area contributed by atoms with Crippen LogP contribution >= 0.6 is 0 Å². The minimum atomic E-state index is 0.0790. The predicted octanol–water partition coefficient (Wildman–Crippen LogP) is 2.94. The standard InChI is InChI=1S/C17H26N2O/c1-12-3-7-15(8-4-12)13(2)19-17(20)16-9-5-14(11-18)6-10-16/h3-4,7-8,13-14,16H,5-6,9-11,18H2,1-2H3,(H,19,20)/t13-,14?,16?/m0/s1. The first-order valence-electron chi connectivity index (χ1n) is 7.67. The zero-order chi connectivity index (χ0) is 14.5. The van der Waals surface area contributed by atoms with Crippen molar-refractivity contribution < 1.29 is 4.79 Å². The molecule has 0 aliphatic heterocycles. The van der Waals surface area contributed by atoms with Crippen molar-refractivity contribution in [2.75, 3.05) is 6.54 Å². The number of nitrogens with one attached hydrogen (secondary N) is 1. The summed E-state index contributed by atoms with van der Waals surface area (Å²) in [7, 11) is 0. The molecular weight excluding hydrogens is 248 g/mol. The van der Waals surface area contributed by atoms with Gasteiger partial charge in [0.2, 0.25) is 5.91 Å². The van der Waals surface area contributed by atoms with Crippen LogP contribution in [0.2, 0.25) is 0 Å². The van der Waals surface area contributed by atoms with E-state index in [-0.39, 0.29) is 17.9 Å². The molecule has 0 aromatic heterocycles. The van der Waals surface area contributed by atoms with Gasteiger partial charge in [0.15, 0.2) is 0 Å². The molecule has 0 spiro atoms. The lowest BCUT2D eigenvalue weighted by atomic mass is 9.81. The second-order valence-corrected chi connectivity index (χ2v) is 6.09. The zero-order valence-corrected chi connectivity index (χ0v) is 12.6. The molecule has 3 heteroatoms. The Morgan fingerprint density at radius 3 is 2.40 bits per heavy atom. The molecular formula is C17H26N2O. The molecule has 1 aromatic carbocycles. The van der Waals surface area contributed by atoms with E-state index >= 15 is 0 Å². The van der Waals surface area contributed by atoms with E-state index in [9.17, 15) is 4.79 Å². The average Bonchev–Trinajstić information content (AvgIpc) is 2.48. The molecule has 1 fully saturated rings. The number of carbonyl (C=O) groups is 1. The van der Waals surface area contributed by atoms with E-state index in [0.29, 0.717) is 5.92 Å². The van der Waals surface area contributed by atoms with Crippen LogP contribution in [-0.2, 0) is 4.79 Å². The number of nitrogens with two attached hydrogens (primary N) is 1. The predicted molar refractivity (Wildman–Crippen MR) is 82.2 cm³/mol. The molecule has 0 saturated heterocycles. The van der Waals surface area contributed by atoms with Crippen molar-refractivity contribution in [1.82, 2.24) is 5.32 Å². The number of amides is 1. The molecule has 1 aliphatic rings. The number of hydrogen-bond acceptors (Lipinski definition) is 2. The van der Waals surface area contributed by atoms with Crippen molar-refractivity contribution in [2.45, 2.75) is 45.6 Å². The first-order valence-corrected chi connectivity index (χ1v) is 7.67. The molecule has 1 amide bonds. The van der Waals surface area contributed by atoms with E-state index in [4.69, 9.17) is 5.73 Å². The van der Waals surface area contributed by atoms with Gasteiger partial charge in [-0.3, -0.25) is 4.79 Å². The Balaban J connectivity index is 1.86. The third-order valence-electron chi connectivity index (χ3n) is 4.49. The van der Waals surface area contributed by atoms with E-state index < -0.39 is 0 Å². The quantitative estimate of drug-likeness (QED) is 0.887. The van der Waals surface area contributed by atoms with Crippen LogP contribution in [0, 0.1) is 18.8 Å². The van der Waals surface area contributed by atoms with Crippen LogP contribution in [0.25, 0.3) is 0 Å². The van der Waals surface area contributed by atoms with Gasteiger partial charge in [-0.05, 0) is 57.6 Å². The molecule has 0 bridgehead atoms. The molecule has 1 aliphatic carbocycles. The molecule has 2 rings (SSSR count). The van der Waals surface area contributed by atoms with Crippen molar-refractivity contribution in [3.63, 3.8) is 0 Å². The van der Waals surface area contributed by atoms with E-state index in [1.54, 1.807) is 0 Å². The fourth-order valence-electron chi connectivity index (χ4n) is 2.93. The molecule has 0 unspecified atom stereocenters. The molecule has 3 nitrogen and oxygen atoms in total. The number of aryl methyl sites for hydroxylation is 1. The van der Waals surface area contributed by atoms with Crippen molar-refractivity contribution in [1.29, 1.82) is 0 Å².